The lowest BCUT2D eigenvalue weighted by Gasteiger charge is -2.35. The highest BCUT2D eigenvalue weighted by molar-refractivity contribution is 6.30. The number of ketones is 1. The zero-order valence-electron chi connectivity index (χ0n) is 20.5. The summed E-state index contributed by atoms with van der Waals surface area (Å²) in [4.78, 5) is 29.6. The van der Waals surface area contributed by atoms with Crippen LogP contribution in [0.4, 0.5) is 11.4 Å². The number of Topliss-reactive ketones (excluding diaryl/α,β-unsaturated/α-hetero) is 1. The summed E-state index contributed by atoms with van der Waals surface area (Å²) in [5.41, 5.74) is 5.29. The molecule has 184 valence electrons. The van der Waals surface area contributed by atoms with Gasteiger partial charge >= 0.3 is 0 Å². The third kappa shape index (κ3) is 4.83. The van der Waals surface area contributed by atoms with Crippen LogP contribution in [0.1, 0.15) is 68.5 Å². The normalized spacial score (nSPS) is 19.3. The molecule has 2 atom stereocenters. The van der Waals surface area contributed by atoms with Gasteiger partial charge in [-0.15, -0.1) is 0 Å². The number of unbranched alkanes of at least 4 members (excludes halogenated alkanes) is 2. The van der Waals surface area contributed by atoms with E-state index in [4.69, 9.17) is 11.6 Å². The van der Waals surface area contributed by atoms with Crippen molar-refractivity contribution in [1.29, 1.82) is 0 Å². The Labute approximate surface area is 218 Å². The molecular weight excluding hydrogens is 468 g/mol. The summed E-state index contributed by atoms with van der Waals surface area (Å²) >= 11 is 6.23. The molecule has 1 heterocycles. The molecule has 2 unspecified atom stereocenters. The first-order chi connectivity index (χ1) is 17.6. The van der Waals surface area contributed by atoms with Gasteiger partial charge in [0.1, 0.15) is 0 Å². The number of carbonyl (C=O) groups is 2. The van der Waals surface area contributed by atoms with Crippen LogP contribution in [0.5, 0.6) is 0 Å². The number of carbonyl (C=O) groups excluding carboxylic acids is 2. The average Bonchev–Trinajstić information content (AvgIpc) is 3.04. The Bertz CT molecular complexity index is 1280. The van der Waals surface area contributed by atoms with E-state index < -0.39 is 6.04 Å². The number of amides is 1. The third-order valence-corrected chi connectivity index (χ3v) is 7.46. The second-order valence-corrected chi connectivity index (χ2v) is 10.1. The number of halogens is 1. The molecule has 4 nitrogen and oxygen atoms in total. The number of benzene rings is 3. The molecule has 5 heteroatoms. The molecular formula is C31H31ClN2O2. The maximum absolute atomic E-state index is 13.9. The molecule has 0 bridgehead atoms. The Morgan fingerprint density at radius 1 is 0.917 bits per heavy atom. The highest BCUT2D eigenvalue weighted by Crippen LogP contribution is 2.47. The van der Waals surface area contributed by atoms with Gasteiger partial charge in [-0.3, -0.25) is 14.5 Å². The molecule has 0 aromatic heterocycles. The zero-order valence-corrected chi connectivity index (χ0v) is 21.3. The highest BCUT2D eigenvalue weighted by Gasteiger charge is 2.41. The summed E-state index contributed by atoms with van der Waals surface area (Å²) in [5, 5.41) is 4.22. The first kappa shape index (κ1) is 24.3. The van der Waals surface area contributed by atoms with E-state index in [1.165, 1.54) is 0 Å². The first-order valence-corrected chi connectivity index (χ1v) is 13.2. The molecule has 1 amide bonds. The van der Waals surface area contributed by atoms with Gasteiger partial charge in [0.2, 0.25) is 5.91 Å². The van der Waals surface area contributed by atoms with E-state index in [0.717, 1.165) is 47.5 Å². The number of nitrogens with zero attached hydrogens (tertiary/aromatic N) is 1. The van der Waals surface area contributed by atoms with Crippen LogP contribution in [-0.4, -0.2) is 11.7 Å². The average molecular weight is 499 g/mol. The predicted molar refractivity (Wildman–Crippen MR) is 146 cm³/mol. The maximum atomic E-state index is 13.9. The van der Waals surface area contributed by atoms with Gasteiger partial charge in [0.05, 0.1) is 17.4 Å². The van der Waals surface area contributed by atoms with E-state index in [9.17, 15) is 9.59 Å². The fourth-order valence-corrected chi connectivity index (χ4v) is 5.56. The van der Waals surface area contributed by atoms with Crippen LogP contribution in [0.15, 0.2) is 90.1 Å². The lowest BCUT2D eigenvalue weighted by molar-refractivity contribution is -0.119. The van der Waals surface area contributed by atoms with Crippen LogP contribution in [0, 0.1) is 0 Å². The molecule has 1 aliphatic carbocycles. The number of rotatable bonds is 6. The minimum atomic E-state index is -0.508. The molecule has 1 N–H and O–H groups in total. The van der Waals surface area contributed by atoms with Gasteiger partial charge in [-0.1, -0.05) is 86.0 Å². The molecule has 5 rings (SSSR count). The number of hydrogen-bond donors (Lipinski definition) is 1. The Morgan fingerprint density at radius 2 is 1.64 bits per heavy atom. The van der Waals surface area contributed by atoms with Crippen molar-refractivity contribution in [2.45, 2.75) is 57.4 Å². The molecule has 0 fully saturated rings. The molecule has 3 aromatic carbocycles. The van der Waals surface area contributed by atoms with Crippen molar-refractivity contribution < 1.29 is 9.59 Å². The van der Waals surface area contributed by atoms with Crippen LogP contribution >= 0.6 is 11.6 Å². The monoisotopic (exact) mass is 498 g/mol. The first-order valence-electron chi connectivity index (χ1n) is 12.8. The van der Waals surface area contributed by atoms with Gasteiger partial charge in [0.15, 0.2) is 5.78 Å². The Morgan fingerprint density at radius 3 is 2.39 bits per heavy atom. The number of fused-ring (bicyclic) bond motifs is 1. The summed E-state index contributed by atoms with van der Waals surface area (Å²) < 4.78 is 0. The second-order valence-electron chi connectivity index (χ2n) is 9.65. The Balaban J connectivity index is 1.66. The van der Waals surface area contributed by atoms with Crippen LogP contribution in [0.2, 0.25) is 5.02 Å². The van der Waals surface area contributed by atoms with Crippen molar-refractivity contribution in [2.75, 3.05) is 10.2 Å². The van der Waals surface area contributed by atoms with E-state index >= 15 is 0 Å². The summed E-state index contributed by atoms with van der Waals surface area (Å²) in [6.07, 6.45) is 4.43. The van der Waals surface area contributed by atoms with Gasteiger partial charge in [-0.25, -0.2) is 0 Å². The highest BCUT2D eigenvalue weighted by atomic mass is 35.5. The minimum absolute atomic E-state index is 0.0318. The van der Waals surface area contributed by atoms with Crippen molar-refractivity contribution in [3.63, 3.8) is 0 Å². The van der Waals surface area contributed by atoms with E-state index in [1.54, 1.807) is 0 Å². The molecule has 0 radical (unpaired) electrons. The Hall–Kier alpha value is -3.37. The van der Waals surface area contributed by atoms with Crippen molar-refractivity contribution in [3.8, 4) is 0 Å². The fraction of sp³-hybridized carbons (Fsp3) is 0.290. The van der Waals surface area contributed by atoms with Crippen LogP contribution in [0.3, 0.4) is 0 Å². The minimum Gasteiger partial charge on any atom is -0.357 e. The smallest absolute Gasteiger partial charge is 0.227 e. The summed E-state index contributed by atoms with van der Waals surface area (Å²) in [5.74, 6) is 0.205. The quantitative estimate of drug-likeness (QED) is 0.352. The summed E-state index contributed by atoms with van der Waals surface area (Å²) in [6, 6.07) is 25.1. The molecule has 1 aliphatic heterocycles. The van der Waals surface area contributed by atoms with Crippen molar-refractivity contribution in [1.82, 2.24) is 0 Å². The number of nitrogens with one attached hydrogen (secondary N) is 1. The van der Waals surface area contributed by atoms with Crippen molar-refractivity contribution >= 4 is 34.7 Å². The topological polar surface area (TPSA) is 49.4 Å². The van der Waals surface area contributed by atoms with Gasteiger partial charge in [-0.05, 0) is 54.2 Å². The van der Waals surface area contributed by atoms with E-state index in [-0.39, 0.29) is 17.6 Å². The zero-order chi connectivity index (χ0) is 25.1. The van der Waals surface area contributed by atoms with Crippen molar-refractivity contribution in [2.24, 2.45) is 0 Å². The lowest BCUT2D eigenvalue weighted by atomic mass is 9.78. The molecule has 0 spiro atoms. The number of anilines is 2. The third-order valence-electron chi connectivity index (χ3n) is 7.21. The number of hydrogen-bond acceptors (Lipinski definition) is 3. The second kappa shape index (κ2) is 10.7. The molecule has 0 saturated heterocycles. The molecule has 36 heavy (non-hydrogen) atoms. The standard InChI is InChI=1S/C31H31ClN2O2/c1-2-3-5-14-29(36)34-27-13-9-8-12-25(27)33-26-19-23(21-10-6-4-7-11-21)20-28(35)30(26)31(34)22-15-17-24(32)18-16-22/h4,6-13,15-18,23,31,33H,2-3,5,14,19-20H2,1H3. The lowest BCUT2D eigenvalue weighted by Crippen LogP contribution is -2.38. The van der Waals surface area contributed by atoms with Gasteiger partial charge in [-0.2, -0.15) is 0 Å². The molecule has 0 saturated carbocycles. The predicted octanol–water partition coefficient (Wildman–Crippen LogP) is 7.82. The Kier molecular flexibility index (Phi) is 7.24. The van der Waals surface area contributed by atoms with Gasteiger partial charge in [0, 0.05) is 29.1 Å². The molecule has 3 aromatic rings. The van der Waals surface area contributed by atoms with Crippen LogP contribution in [-0.2, 0) is 9.59 Å². The van der Waals surface area contributed by atoms with E-state index in [2.05, 4.69) is 24.4 Å². The van der Waals surface area contributed by atoms with E-state index in [0.29, 0.717) is 29.9 Å². The van der Waals surface area contributed by atoms with E-state index in [1.807, 2.05) is 71.6 Å². The fourth-order valence-electron chi connectivity index (χ4n) is 5.43. The molecule has 2 aliphatic rings. The van der Waals surface area contributed by atoms with Gasteiger partial charge in [0.25, 0.3) is 0 Å². The SMILES string of the molecule is CCCCCC(=O)N1c2ccccc2NC2=C(C(=O)CC(c3ccccc3)C2)C1c1ccc(Cl)cc1. The summed E-state index contributed by atoms with van der Waals surface area (Å²) in [7, 11) is 0. The van der Waals surface area contributed by atoms with Crippen molar-refractivity contribution in [3.05, 3.63) is 106 Å². The summed E-state index contributed by atoms with van der Waals surface area (Å²) in [6.45, 7) is 2.13. The van der Waals surface area contributed by atoms with Crippen LogP contribution < -0.4 is 10.2 Å². The van der Waals surface area contributed by atoms with Gasteiger partial charge < -0.3 is 5.32 Å². The van der Waals surface area contributed by atoms with Crippen LogP contribution in [0.25, 0.3) is 0 Å². The number of allylic oxidation sites excluding steroid dienone is 1. The number of para-hydroxylation sites is 2. The largest absolute Gasteiger partial charge is 0.357 e. The maximum Gasteiger partial charge on any atom is 0.227 e.